The Kier molecular flexibility index (Phi) is 8.41. The zero-order chi connectivity index (χ0) is 19.9. The van der Waals surface area contributed by atoms with Gasteiger partial charge in [0.2, 0.25) is 0 Å². The van der Waals surface area contributed by atoms with E-state index >= 15 is 0 Å². The van der Waals surface area contributed by atoms with Crippen molar-refractivity contribution in [3.05, 3.63) is 41.2 Å². The predicted molar refractivity (Wildman–Crippen MR) is 111 cm³/mol. The SMILES string of the molecule is COc1cccc(C(=O)NCCNC(=O)c2nnn(C3CCNCC3)c2C)c1.Cl. The molecule has 0 unspecified atom stereocenters. The lowest BCUT2D eigenvalue weighted by Gasteiger charge is -2.23. The number of piperidine rings is 1. The van der Waals surface area contributed by atoms with Crippen molar-refractivity contribution < 1.29 is 14.3 Å². The molecule has 158 valence electrons. The minimum absolute atomic E-state index is 0. The van der Waals surface area contributed by atoms with Crippen LogP contribution < -0.4 is 20.7 Å². The topological polar surface area (TPSA) is 110 Å². The first-order valence-electron chi connectivity index (χ1n) is 9.43. The first-order valence-corrected chi connectivity index (χ1v) is 9.43. The first-order chi connectivity index (χ1) is 13.6. The smallest absolute Gasteiger partial charge is 0.273 e. The van der Waals surface area contributed by atoms with Crippen LogP contribution in [-0.4, -0.2) is 60.1 Å². The number of amides is 2. The molecule has 29 heavy (non-hydrogen) atoms. The summed E-state index contributed by atoms with van der Waals surface area (Å²) in [6, 6.07) is 7.17. The van der Waals surface area contributed by atoms with Crippen LogP contribution in [0.2, 0.25) is 0 Å². The zero-order valence-electron chi connectivity index (χ0n) is 16.6. The van der Waals surface area contributed by atoms with Gasteiger partial charge in [-0.05, 0) is 51.1 Å². The summed E-state index contributed by atoms with van der Waals surface area (Å²) in [4.78, 5) is 24.5. The number of rotatable bonds is 7. The quantitative estimate of drug-likeness (QED) is 0.576. The molecular formula is C19H27ClN6O3. The number of nitrogens with one attached hydrogen (secondary N) is 3. The highest BCUT2D eigenvalue weighted by Gasteiger charge is 2.22. The van der Waals surface area contributed by atoms with Gasteiger partial charge >= 0.3 is 0 Å². The summed E-state index contributed by atoms with van der Waals surface area (Å²) < 4.78 is 6.96. The second-order valence-electron chi connectivity index (χ2n) is 6.69. The molecule has 0 spiro atoms. The Bertz CT molecular complexity index is 835. The van der Waals surface area contributed by atoms with Crippen LogP contribution in [0.25, 0.3) is 0 Å². The van der Waals surface area contributed by atoms with Crippen LogP contribution in [0, 0.1) is 6.92 Å². The molecule has 1 aliphatic heterocycles. The lowest BCUT2D eigenvalue weighted by atomic mass is 10.1. The fraction of sp³-hybridized carbons (Fsp3) is 0.474. The summed E-state index contributed by atoms with van der Waals surface area (Å²) in [6.45, 7) is 4.36. The summed E-state index contributed by atoms with van der Waals surface area (Å²) in [5.74, 6) is 0.114. The van der Waals surface area contributed by atoms with Crippen molar-refractivity contribution >= 4 is 24.2 Å². The van der Waals surface area contributed by atoms with E-state index in [1.165, 1.54) is 0 Å². The summed E-state index contributed by atoms with van der Waals surface area (Å²) in [6.07, 6.45) is 1.95. The molecule has 9 nitrogen and oxygen atoms in total. The van der Waals surface area contributed by atoms with Crippen LogP contribution in [0.4, 0.5) is 0 Å². The summed E-state index contributed by atoms with van der Waals surface area (Å²) in [7, 11) is 1.55. The minimum Gasteiger partial charge on any atom is -0.497 e. The summed E-state index contributed by atoms with van der Waals surface area (Å²) in [5, 5.41) is 17.1. The highest BCUT2D eigenvalue weighted by atomic mass is 35.5. The van der Waals surface area contributed by atoms with Gasteiger partial charge in [0.25, 0.3) is 11.8 Å². The van der Waals surface area contributed by atoms with Gasteiger partial charge in [0.1, 0.15) is 5.75 Å². The maximum atomic E-state index is 12.4. The van der Waals surface area contributed by atoms with E-state index in [9.17, 15) is 9.59 Å². The third-order valence-electron chi connectivity index (χ3n) is 4.83. The Morgan fingerprint density at radius 1 is 1.21 bits per heavy atom. The van der Waals surface area contributed by atoms with Crippen molar-refractivity contribution in [1.29, 1.82) is 0 Å². The van der Waals surface area contributed by atoms with E-state index in [1.54, 1.807) is 31.4 Å². The van der Waals surface area contributed by atoms with Crippen molar-refractivity contribution in [2.24, 2.45) is 0 Å². The van der Waals surface area contributed by atoms with Crippen molar-refractivity contribution in [3.8, 4) is 5.75 Å². The van der Waals surface area contributed by atoms with Gasteiger partial charge in [0.15, 0.2) is 5.69 Å². The van der Waals surface area contributed by atoms with Gasteiger partial charge in [-0.2, -0.15) is 0 Å². The molecule has 1 aliphatic rings. The molecule has 2 aromatic rings. The molecule has 3 rings (SSSR count). The highest BCUT2D eigenvalue weighted by molar-refractivity contribution is 5.95. The van der Waals surface area contributed by atoms with Crippen molar-refractivity contribution in [2.75, 3.05) is 33.3 Å². The van der Waals surface area contributed by atoms with Gasteiger partial charge in [-0.3, -0.25) is 9.59 Å². The molecule has 10 heteroatoms. The zero-order valence-corrected chi connectivity index (χ0v) is 17.4. The maximum Gasteiger partial charge on any atom is 0.273 e. The molecule has 1 fully saturated rings. The van der Waals surface area contributed by atoms with Crippen LogP contribution >= 0.6 is 12.4 Å². The van der Waals surface area contributed by atoms with E-state index in [1.807, 2.05) is 11.6 Å². The van der Waals surface area contributed by atoms with Crippen molar-refractivity contribution in [3.63, 3.8) is 0 Å². The van der Waals surface area contributed by atoms with Gasteiger partial charge in [-0.25, -0.2) is 4.68 Å². The monoisotopic (exact) mass is 422 g/mol. The third kappa shape index (κ3) is 5.68. The van der Waals surface area contributed by atoms with Crippen LogP contribution in [0.5, 0.6) is 5.75 Å². The Hall–Kier alpha value is -2.65. The number of carbonyl (C=O) groups is 2. The maximum absolute atomic E-state index is 12.4. The molecule has 0 atom stereocenters. The molecule has 2 amide bonds. The number of nitrogens with zero attached hydrogens (tertiary/aromatic N) is 3. The van der Waals surface area contributed by atoms with Crippen LogP contribution in [0.3, 0.4) is 0 Å². The fourth-order valence-electron chi connectivity index (χ4n) is 3.25. The van der Waals surface area contributed by atoms with E-state index in [2.05, 4.69) is 26.3 Å². The van der Waals surface area contributed by atoms with Crippen LogP contribution in [0.15, 0.2) is 24.3 Å². The third-order valence-corrected chi connectivity index (χ3v) is 4.83. The molecule has 1 aromatic carbocycles. The Labute approximate surface area is 176 Å². The van der Waals surface area contributed by atoms with E-state index < -0.39 is 0 Å². The highest BCUT2D eigenvalue weighted by Crippen LogP contribution is 2.20. The number of methoxy groups -OCH3 is 1. The lowest BCUT2D eigenvalue weighted by molar-refractivity contribution is 0.0924. The molecule has 2 heterocycles. The number of hydrogen-bond acceptors (Lipinski definition) is 6. The lowest BCUT2D eigenvalue weighted by Crippen LogP contribution is -2.35. The second-order valence-corrected chi connectivity index (χ2v) is 6.69. The molecule has 0 bridgehead atoms. The number of benzene rings is 1. The minimum atomic E-state index is -0.284. The fourth-order valence-corrected chi connectivity index (χ4v) is 3.25. The molecule has 0 radical (unpaired) electrons. The van der Waals surface area contributed by atoms with Crippen molar-refractivity contribution in [2.45, 2.75) is 25.8 Å². The molecule has 0 saturated carbocycles. The Balaban J connectivity index is 0.00000300. The standard InChI is InChI=1S/C19H26N6O3.ClH/c1-13-17(23-24-25(13)15-6-8-20-9-7-15)19(27)22-11-10-21-18(26)14-4-3-5-16(12-14)28-2;/h3-5,12,15,20H,6-11H2,1-2H3,(H,21,26)(H,22,27);1H. The van der Waals surface area contributed by atoms with E-state index in [4.69, 9.17) is 4.74 Å². The van der Waals surface area contributed by atoms with Gasteiger partial charge in [-0.1, -0.05) is 11.3 Å². The average Bonchev–Trinajstić information content (AvgIpc) is 3.13. The second kappa shape index (κ2) is 10.8. The van der Waals surface area contributed by atoms with Gasteiger partial charge in [0.05, 0.1) is 18.8 Å². The normalized spacial score (nSPS) is 14.0. The van der Waals surface area contributed by atoms with Gasteiger partial charge in [0, 0.05) is 18.7 Å². The van der Waals surface area contributed by atoms with E-state index in [0.717, 1.165) is 31.6 Å². The number of carbonyl (C=O) groups excluding carboxylic acids is 2. The van der Waals surface area contributed by atoms with Crippen LogP contribution in [0.1, 0.15) is 45.4 Å². The van der Waals surface area contributed by atoms with Crippen molar-refractivity contribution in [1.82, 2.24) is 30.9 Å². The molecule has 1 saturated heterocycles. The van der Waals surface area contributed by atoms with Gasteiger partial charge in [-0.15, -0.1) is 17.5 Å². The number of halogens is 1. The molecule has 1 aromatic heterocycles. The Morgan fingerprint density at radius 3 is 2.59 bits per heavy atom. The number of aromatic nitrogens is 3. The summed E-state index contributed by atoms with van der Waals surface area (Å²) >= 11 is 0. The number of ether oxygens (including phenoxy) is 1. The Morgan fingerprint density at radius 2 is 1.90 bits per heavy atom. The number of hydrogen-bond donors (Lipinski definition) is 3. The van der Waals surface area contributed by atoms with E-state index in [0.29, 0.717) is 30.1 Å². The molecular weight excluding hydrogens is 396 g/mol. The molecule has 3 N–H and O–H groups in total. The van der Waals surface area contributed by atoms with E-state index in [-0.39, 0.29) is 30.3 Å². The first kappa shape index (κ1) is 22.6. The van der Waals surface area contributed by atoms with Crippen LogP contribution in [-0.2, 0) is 0 Å². The summed E-state index contributed by atoms with van der Waals surface area (Å²) in [5.41, 5.74) is 1.61. The largest absolute Gasteiger partial charge is 0.497 e. The molecule has 0 aliphatic carbocycles. The average molecular weight is 423 g/mol. The van der Waals surface area contributed by atoms with Gasteiger partial charge < -0.3 is 20.7 Å². The predicted octanol–water partition coefficient (Wildman–Crippen LogP) is 1.10.